The minimum absolute atomic E-state index is 0.0349. The van der Waals surface area contributed by atoms with E-state index in [9.17, 15) is 4.39 Å². The molecule has 146 valence electrons. The molecule has 1 aliphatic heterocycles. The quantitative estimate of drug-likeness (QED) is 0.736. The number of anilines is 1. The van der Waals surface area contributed by atoms with Crippen molar-refractivity contribution < 1.29 is 9.13 Å². The van der Waals surface area contributed by atoms with Crippen LogP contribution in [0.4, 0.5) is 10.2 Å². The number of halogens is 1. The standard InChI is InChI=1S/C21H24FN5O/c22-17-7-3-2-6-16(17)20-25-24-19-9-8-18(26-27(19)20)23-15-10-13-28-21(14-15)11-4-1-5-12-21/h2-3,6-9,15H,1,4-5,10-14H2,(H,23,26). The van der Waals surface area contributed by atoms with Gasteiger partial charge in [-0.2, -0.15) is 4.52 Å². The van der Waals surface area contributed by atoms with Crippen LogP contribution in [-0.2, 0) is 4.74 Å². The Morgan fingerprint density at radius 2 is 1.93 bits per heavy atom. The Kier molecular flexibility index (Phi) is 4.47. The highest BCUT2D eigenvalue weighted by Crippen LogP contribution is 2.39. The van der Waals surface area contributed by atoms with Crippen LogP contribution in [0.5, 0.6) is 0 Å². The van der Waals surface area contributed by atoms with Crippen molar-refractivity contribution in [3.8, 4) is 11.4 Å². The third-order valence-electron chi connectivity index (χ3n) is 5.99. The van der Waals surface area contributed by atoms with Crippen molar-refractivity contribution in [1.82, 2.24) is 19.8 Å². The molecular weight excluding hydrogens is 357 g/mol. The molecule has 1 aliphatic carbocycles. The average molecular weight is 381 g/mol. The number of aromatic nitrogens is 4. The molecule has 1 spiro atoms. The van der Waals surface area contributed by atoms with Crippen molar-refractivity contribution >= 4 is 11.5 Å². The molecule has 1 aromatic carbocycles. The Hall–Kier alpha value is -2.54. The molecule has 2 aliphatic rings. The van der Waals surface area contributed by atoms with Gasteiger partial charge in [0.25, 0.3) is 0 Å². The Bertz CT molecular complexity index is 976. The van der Waals surface area contributed by atoms with E-state index in [0.29, 0.717) is 23.1 Å². The molecule has 5 rings (SSSR count). The second kappa shape index (κ2) is 7.13. The largest absolute Gasteiger partial charge is 0.375 e. The summed E-state index contributed by atoms with van der Waals surface area (Å²) in [7, 11) is 0. The van der Waals surface area contributed by atoms with Crippen molar-refractivity contribution in [1.29, 1.82) is 0 Å². The van der Waals surface area contributed by atoms with Crippen molar-refractivity contribution in [2.45, 2.75) is 56.6 Å². The number of nitrogens with one attached hydrogen (secondary N) is 1. The van der Waals surface area contributed by atoms with Crippen molar-refractivity contribution in [3.05, 3.63) is 42.2 Å². The van der Waals surface area contributed by atoms with E-state index in [0.717, 1.165) is 38.1 Å². The van der Waals surface area contributed by atoms with Crippen molar-refractivity contribution in [2.75, 3.05) is 11.9 Å². The fourth-order valence-electron chi connectivity index (χ4n) is 4.58. The van der Waals surface area contributed by atoms with Gasteiger partial charge in [0.2, 0.25) is 0 Å². The summed E-state index contributed by atoms with van der Waals surface area (Å²) in [5.74, 6) is 0.829. The summed E-state index contributed by atoms with van der Waals surface area (Å²) >= 11 is 0. The molecule has 28 heavy (non-hydrogen) atoms. The van der Waals surface area contributed by atoms with E-state index in [1.165, 1.54) is 25.3 Å². The van der Waals surface area contributed by atoms with E-state index in [1.54, 1.807) is 22.7 Å². The Balaban J connectivity index is 1.41. The molecule has 0 amide bonds. The highest BCUT2D eigenvalue weighted by atomic mass is 19.1. The SMILES string of the molecule is Fc1ccccc1-c1nnc2ccc(NC3CCOC4(CCCCC4)C3)nn12. The highest BCUT2D eigenvalue weighted by Gasteiger charge is 2.38. The molecule has 1 saturated heterocycles. The lowest BCUT2D eigenvalue weighted by Crippen LogP contribution is -2.45. The van der Waals surface area contributed by atoms with Gasteiger partial charge < -0.3 is 10.1 Å². The number of hydrogen-bond acceptors (Lipinski definition) is 5. The molecule has 0 bridgehead atoms. The zero-order valence-corrected chi connectivity index (χ0v) is 15.8. The van der Waals surface area contributed by atoms with Gasteiger partial charge in [-0.05, 0) is 49.9 Å². The molecule has 3 aromatic rings. The first-order valence-corrected chi connectivity index (χ1v) is 10.1. The van der Waals surface area contributed by atoms with E-state index in [-0.39, 0.29) is 11.4 Å². The number of hydrogen-bond donors (Lipinski definition) is 1. The summed E-state index contributed by atoms with van der Waals surface area (Å²) in [6, 6.07) is 10.7. The van der Waals surface area contributed by atoms with Crippen LogP contribution in [0.3, 0.4) is 0 Å². The van der Waals surface area contributed by atoms with Crippen LogP contribution < -0.4 is 5.32 Å². The summed E-state index contributed by atoms with van der Waals surface area (Å²) in [6.07, 6.45) is 8.10. The first kappa shape index (κ1) is 17.6. The van der Waals surface area contributed by atoms with Gasteiger partial charge in [-0.25, -0.2) is 4.39 Å². The van der Waals surface area contributed by atoms with Crippen LogP contribution >= 0.6 is 0 Å². The second-order valence-electron chi connectivity index (χ2n) is 7.92. The highest BCUT2D eigenvalue weighted by molar-refractivity contribution is 5.60. The monoisotopic (exact) mass is 381 g/mol. The van der Waals surface area contributed by atoms with E-state index >= 15 is 0 Å². The molecular formula is C21H24FN5O. The number of ether oxygens (including phenoxy) is 1. The Labute approximate surface area is 163 Å². The molecule has 2 aromatic heterocycles. The molecule has 3 heterocycles. The summed E-state index contributed by atoms with van der Waals surface area (Å²) < 4.78 is 22.0. The van der Waals surface area contributed by atoms with E-state index < -0.39 is 0 Å². The van der Waals surface area contributed by atoms with Crippen LogP contribution in [0, 0.1) is 5.82 Å². The first-order chi connectivity index (χ1) is 13.7. The molecule has 1 unspecified atom stereocenters. The normalized spacial score (nSPS) is 21.8. The van der Waals surface area contributed by atoms with Gasteiger partial charge in [-0.3, -0.25) is 0 Å². The number of benzene rings is 1. The summed E-state index contributed by atoms with van der Waals surface area (Å²) in [4.78, 5) is 0. The Morgan fingerprint density at radius 3 is 2.79 bits per heavy atom. The number of fused-ring (bicyclic) bond motifs is 1. The lowest BCUT2D eigenvalue weighted by Gasteiger charge is -2.43. The molecule has 1 N–H and O–H groups in total. The maximum atomic E-state index is 14.2. The van der Waals surface area contributed by atoms with Crippen LogP contribution in [0.15, 0.2) is 36.4 Å². The van der Waals surface area contributed by atoms with Crippen LogP contribution in [0.1, 0.15) is 44.9 Å². The van der Waals surface area contributed by atoms with Crippen molar-refractivity contribution in [3.63, 3.8) is 0 Å². The van der Waals surface area contributed by atoms with Gasteiger partial charge >= 0.3 is 0 Å². The third-order valence-corrected chi connectivity index (χ3v) is 5.99. The first-order valence-electron chi connectivity index (χ1n) is 10.1. The molecule has 7 heteroatoms. The van der Waals surface area contributed by atoms with Gasteiger partial charge in [0.05, 0.1) is 11.2 Å². The van der Waals surface area contributed by atoms with Gasteiger partial charge in [-0.1, -0.05) is 31.4 Å². The van der Waals surface area contributed by atoms with Crippen molar-refractivity contribution in [2.24, 2.45) is 0 Å². The second-order valence-corrected chi connectivity index (χ2v) is 7.92. The zero-order chi connectivity index (χ0) is 19.0. The summed E-state index contributed by atoms with van der Waals surface area (Å²) in [6.45, 7) is 0.785. The van der Waals surface area contributed by atoms with Crippen LogP contribution in [-0.4, -0.2) is 38.1 Å². The predicted molar refractivity (Wildman–Crippen MR) is 105 cm³/mol. The summed E-state index contributed by atoms with van der Waals surface area (Å²) in [5.41, 5.74) is 1.03. The fourth-order valence-corrected chi connectivity index (χ4v) is 4.58. The fraction of sp³-hybridized carbons (Fsp3) is 0.476. The minimum Gasteiger partial charge on any atom is -0.375 e. The number of rotatable bonds is 3. The van der Waals surface area contributed by atoms with Gasteiger partial charge in [-0.15, -0.1) is 15.3 Å². The van der Waals surface area contributed by atoms with Gasteiger partial charge in [0.1, 0.15) is 11.6 Å². The maximum Gasteiger partial charge on any atom is 0.188 e. The molecule has 1 saturated carbocycles. The Morgan fingerprint density at radius 1 is 1.07 bits per heavy atom. The number of nitrogens with zero attached hydrogens (tertiary/aromatic N) is 4. The van der Waals surface area contributed by atoms with Gasteiger partial charge in [0, 0.05) is 12.6 Å². The molecule has 1 atom stereocenters. The predicted octanol–water partition coefficient (Wildman–Crippen LogP) is 4.22. The topological polar surface area (TPSA) is 64.3 Å². The maximum absolute atomic E-state index is 14.2. The van der Waals surface area contributed by atoms with E-state index in [4.69, 9.17) is 4.74 Å². The van der Waals surface area contributed by atoms with E-state index in [2.05, 4.69) is 20.6 Å². The van der Waals surface area contributed by atoms with Crippen LogP contribution in [0.2, 0.25) is 0 Å². The lowest BCUT2D eigenvalue weighted by atomic mass is 9.78. The average Bonchev–Trinajstić information content (AvgIpc) is 3.12. The lowest BCUT2D eigenvalue weighted by molar-refractivity contribution is -0.103. The smallest absolute Gasteiger partial charge is 0.188 e. The van der Waals surface area contributed by atoms with Crippen LogP contribution in [0.25, 0.3) is 17.0 Å². The summed E-state index contributed by atoms with van der Waals surface area (Å²) in [5, 5.41) is 16.5. The minimum atomic E-state index is -0.333. The molecule has 0 radical (unpaired) electrons. The zero-order valence-electron chi connectivity index (χ0n) is 15.8. The molecule has 6 nitrogen and oxygen atoms in total. The van der Waals surface area contributed by atoms with Gasteiger partial charge in [0.15, 0.2) is 11.5 Å². The van der Waals surface area contributed by atoms with E-state index in [1.807, 2.05) is 12.1 Å². The third kappa shape index (κ3) is 3.24. The molecule has 2 fully saturated rings.